The molecule has 2 unspecified atom stereocenters. The van der Waals surface area contributed by atoms with Crippen molar-refractivity contribution in [2.45, 2.75) is 50.7 Å². The molecule has 2 heterocycles. The summed E-state index contributed by atoms with van der Waals surface area (Å²) in [5.74, 6) is 0. The van der Waals surface area contributed by atoms with Crippen LogP contribution in [0.5, 0.6) is 0 Å². The van der Waals surface area contributed by atoms with Gasteiger partial charge in [0.1, 0.15) is 0 Å². The van der Waals surface area contributed by atoms with E-state index in [4.69, 9.17) is 4.74 Å². The standard InChI is InChI=1S/C13H22N2O2/c1-3-4-12-10-13(16,6-8-17-12)9-11-5-7-15(2)14-11/h5,7,12,16H,3-4,6,8-10H2,1-2H3. The summed E-state index contributed by atoms with van der Waals surface area (Å²) in [5, 5.41) is 14.9. The van der Waals surface area contributed by atoms with Crippen LogP contribution in [0.1, 0.15) is 38.3 Å². The lowest BCUT2D eigenvalue weighted by molar-refractivity contribution is -0.105. The highest BCUT2D eigenvalue weighted by atomic mass is 16.5. The van der Waals surface area contributed by atoms with Crippen molar-refractivity contribution in [3.05, 3.63) is 18.0 Å². The van der Waals surface area contributed by atoms with Crippen LogP contribution in [0.4, 0.5) is 0 Å². The van der Waals surface area contributed by atoms with E-state index in [0.717, 1.165) is 25.0 Å². The molecule has 0 amide bonds. The molecule has 1 fully saturated rings. The molecule has 96 valence electrons. The van der Waals surface area contributed by atoms with Crippen molar-refractivity contribution in [1.29, 1.82) is 0 Å². The second-order valence-corrected chi connectivity index (χ2v) is 5.12. The molecule has 0 aromatic carbocycles. The van der Waals surface area contributed by atoms with E-state index in [1.807, 2.05) is 19.3 Å². The largest absolute Gasteiger partial charge is 0.389 e. The summed E-state index contributed by atoms with van der Waals surface area (Å²) in [6.45, 7) is 2.81. The van der Waals surface area contributed by atoms with Gasteiger partial charge in [-0.15, -0.1) is 0 Å². The molecule has 1 N–H and O–H groups in total. The first-order chi connectivity index (χ1) is 8.11. The average Bonchev–Trinajstić information content (AvgIpc) is 2.63. The van der Waals surface area contributed by atoms with Gasteiger partial charge in [-0.25, -0.2) is 0 Å². The predicted molar refractivity (Wildman–Crippen MR) is 65.7 cm³/mol. The Morgan fingerprint density at radius 2 is 2.47 bits per heavy atom. The van der Waals surface area contributed by atoms with Crippen molar-refractivity contribution >= 4 is 0 Å². The smallest absolute Gasteiger partial charge is 0.0750 e. The minimum absolute atomic E-state index is 0.211. The van der Waals surface area contributed by atoms with Crippen LogP contribution in [0.15, 0.2) is 12.3 Å². The number of hydrogen-bond donors (Lipinski definition) is 1. The summed E-state index contributed by atoms with van der Waals surface area (Å²) >= 11 is 0. The minimum atomic E-state index is -0.632. The molecule has 1 aromatic heterocycles. The SMILES string of the molecule is CCCC1CC(O)(Cc2ccn(C)n2)CCO1. The highest BCUT2D eigenvalue weighted by Crippen LogP contribution is 2.29. The third-order valence-corrected chi connectivity index (χ3v) is 3.42. The Morgan fingerprint density at radius 1 is 1.65 bits per heavy atom. The number of hydrogen-bond acceptors (Lipinski definition) is 3. The quantitative estimate of drug-likeness (QED) is 0.868. The van der Waals surface area contributed by atoms with Gasteiger partial charge in [-0.3, -0.25) is 4.68 Å². The number of aliphatic hydroxyl groups is 1. The van der Waals surface area contributed by atoms with E-state index in [1.165, 1.54) is 0 Å². The molecule has 4 nitrogen and oxygen atoms in total. The average molecular weight is 238 g/mol. The maximum absolute atomic E-state index is 10.6. The zero-order valence-electron chi connectivity index (χ0n) is 10.7. The van der Waals surface area contributed by atoms with Gasteiger partial charge in [0.05, 0.1) is 17.4 Å². The normalized spacial score (nSPS) is 29.5. The molecule has 0 radical (unpaired) electrons. The fraction of sp³-hybridized carbons (Fsp3) is 0.769. The van der Waals surface area contributed by atoms with Crippen molar-refractivity contribution in [3.63, 3.8) is 0 Å². The molecule has 0 spiro atoms. The summed E-state index contributed by atoms with van der Waals surface area (Å²) in [5.41, 5.74) is 0.332. The topological polar surface area (TPSA) is 47.3 Å². The fourth-order valence-electron chi connectivity index (χ4n) is 2.56. The monoisotopic (exact) mass is 238 g/mol. The Morgan fingerprint density at radius 3 is 3.12 bits per heavy atom. The van der Waals surface area contributed by atoms with E-state index in [-0.39, 0.29) is 6.10 Å². The Bertz CT molecular complexity index is 362. The molecule has 2 rings (SSSR count). The fourth-order valence-corrected chi connectivity index (χ4v) is 2.56. The Labute approximate surface area is 103 Å². The molecule has 1 aliphatic heterocycles. The Hall–Kier alpha value is -0.870. The molecular formula is C13H22N2O2. The first kappa shape index (κ1) is 12.6. The van der Waals surface area contributed by atoms with Crippen molar-refractivity contribution in [2.75, 3.05) is 6.61 Å². The van der Waals surface area contributed by atoms with Crippen molar-refractivity contribution in [3.8, 4) is 0 Å². The molecule has 1 aliphatic rings. The van der Waals surface area contributed by atoms with Gasteiger partial charge in [0.15, 0.2) is 0 Å². The number of ether oxygens (including phenoxy) is 1. The van der Waals surface area contributed by atoms with Crippen LogP contribution in [-0.4, -0.2) is 33.2 Å². The van der Waals surface area contributed by atoms with Gasteiger partial charge in [-0.1, -0.05) is 13.3 Å². The van der Waals surface area contributed by atoms with Crippen LogP contribution in [0.2, 0.25) is 0 Å². The maximum atomic E-state index is 10.6. The molecule has 17 heavy (non-hydrogen) atoms. The second kappa shape index (κ2) is 5.19. The first-order valence-electron chi connectivity index (χ1n) is 6.44. The summed E-state index contributed by atoms with van der Waals surface area (Å²) in [6, 6.07) is 1.97. The third-order valence-electron chi connectivity index (χ3n) is 3.42. The van der Waals surface area contributed by atoms with Crippen LogP contribution in [0.3, 0.4) is 0 Å². The molecule has 0 saturated carbocycles. The van der Waals surface area contributed by atoms with E-state index >= 15 is 0 Å². The van der Waals surface area contributed by atoms with Crippen molar-refractivity contribution in [2.24, 2.45) is 7.05 Å². The van der Waals surface area contributed by atoms with Gasteiger partial charge in [0, 0.05) is 32.7 Å². The first-order valence-corrected chi connectivity index (χ1v) is 6.44. The Kier molecular flexibility index (Phi) is 3.84. The summed E-state index contributed by atoms with van der Waals surface area (Å²) in [7, 11) is 1.90. The van der Waals surface area contributed by atoms with Crippen LogP contribution < -0.4 is 0 Å². The number of aromatic nitrogens is 2. The molecule has 0 aliphatic carbocycles. The molecule has 4 heteroatoms. The maximum Gasteiger partial charge on any atom is 0.0750 e. The van der Waals surface area contributed by atoms with Crippen LogP contribution >= 0.6 is 0 Å². The van der Waals surface area contributed by atoms with Gasteiger partial charge < -0.3 is 9.84 Å². The van der Waals surface area contributed by atoms with Crippen LogP contribution in [0, 0.1) is 0 Å². The van der Waals surface area contributed by atoms with E-state index in [9.17, 15) is 5.11 Å². The van der Waals surface area contributed by atoms with E-state index in [2.05, 4.69) is 12.0 Å². The van der Waals surface area contributed by atoms with Gasteiger partial charge >= 0.3 is 0 Å². The molecule has 1 saturated heterocycles. The van der Waals surface area contributed by atoms with Gasteiger partial charge in [0.25, 0.3) is 0 Å². The van der Waals surface area contributed by atoms with Gasteiger partial charge in [-0.2, -0.15) is 5.10 Å². The molecule has 1 aromatic rings. The summed E-state index contributed by atoms with van der Waals surface area (Å²) in [6.07, 6.45) is 6.34. The van der Waals surface area contributed by atoms with Crippen LogP contribution in [-0.2, 0) is 18.2 Å². The van der Waals surface area contributed by atoms with E-state index < -0.39 is 5.60 Å². The minimum Gasteiger partial charge on any atom is -0.389 e. The highest BCUT2D eigenvalue weighted by molar-refractivity contribution is 5.05. The zero-order chi connectivity index (χ0) is 12.3. The zero-order valence-corrected chi connectivity index (χ0v) is 10.7. The molecule has 2 atom stereocenters. The lowest BCUT2D eigenvalue weighted by Crippen LogP contribution is -2.42. The van der Waals surface area contributed by atoms with Crippen LogP contribution in [0.25, 0.3) is 0 Å². The molecule has 0 bridgehead atoms. The van der Waals surface area contributed by atoms with Gasteiger partial charge in [0.2, 0.25) is 0 Å². The van der Waals surface area contributed by atoms with E-state index in [0.29, 0.717) is 19.4 Å². The number of nitrogens with zero attached hydrogens (tertiary/aromatic N) is 2. The summed E-state index contributed by atoms with van der Waals surface area (Å²) in [4.78, 5) is 0. The highest BCUT2D eigenvalue weighted by Gasteiger charge is 2.35. The number of aryl methyl sites for hydroxylation is 1. The second-order valence-electron chi connectivity index (χ2n) is 5.12. The van der Waals surface area contributed by atoms with E-state index in [1.54, 1.807) is 4.68 Å². The lowest BCUT2D eigenvalue weighted by Gasteiger charge is -2.36. The van der Waals surface area contributed by atoms with Crippen molar-refractivity contribution in [1.82, 2.24) is 9.78 Å². The lowest BCUT2D eigenvalue weighted by atomic mass is 9.85. The summed E-state index contributed by atoms with van der Waals surface area (Å²) < 4.78 is 7.45. The number of rotatable bonds is 4. The predicted octanol–water partition coefficient (Wildman–Crippen LogP) is 1.67. The van der Waals surface area contributed by atoms with Crippen molar-refractivity contribution < 1.29 is 9.84 Å². The molecular weight excluding hydrogens is 216 g/mol. The van der Waals surface area contributed by atoms with Gasteiger partial charge in [-0.05, 0) is 18.9 Å². The Balaban J connectivity index is 1.97. The third kappa shape index (κ3) is 3.30.